The van der Waals surface area contributed by atoms with Gasteiger partial charge in [-0.1, -0.05) is 128 Å². The van der Waals surface area contributed by atoms with Crippen LogP contribution in [0.1, 0.15) is 84.3 Å². The molecule has 2 aliphatic heterocycles. The summed E-state index contributed by atoms with van der Waals surface area (Å²) in [5, 5.41) is 12.6. The SMILES string of the molecule is Cc1ccc(S(=O)(=O)N[C@H](Cc2ccccc2)C(=O)NCc2cccc(-c3cccc([C@@H]4O[C@H](CN5CCCCCCC5)C[C@H](c5ccc(CO)cc5)O4)c3)c2)cc1. The average molecular weight is 802 g/mol. The first-order valence-corrected chi connectivity index (χ1v) is 22.0. The van der Waals surface area contributed by atoms with Crippen LogP contribution in [0.25, 0.3) is 11.1 Å². The Morgan fingerprint density at radius 3 is 2.14 bits per heavy atom. The maximum atomic E-state index is 13.7. The predicted molar refractivity (Wildman–Crippen MR) is 227 cm³/mol. The van der Waals surface area contributed by atoms with Gasteiger partial charge in [-0.15, -0.1) is 0 Å². The molecule has 0 radical (unpaired) electrons. The summed E-state index contributed by atoms with van der Waals surface area (Å²) in [6.45, 7) is 5.14. The number of hydrogen-bond donors (Lipinski definition) is 3. The average Bonchev–Trinajstić information content (AvgIpc) is 3.24. The van der Waals surface area contributed by atoms with Crippen LogP contribution >= 0.6 is 0 Å². The second-order valence-corrected chi connectivity index (χ2v) is 17.4. The van der Waals surface area contributed by atoms with Crippen molar-refractivity contribution in [2.24, 2.45) is 0 Å². The van der Waals surface area contributed by atoms with E-state index in [1.54, 1.807) is 24.3 Å². The van der Waals surface area contributed by atoms with Crippen LogP contribution in [0, 0.1) is 6.92 Å². The molecule has 3 N–H and O–H groups in total. The molecule has 2 saturated heterocycles. The van der Waals surface area contributed by atoms with Crippen molar-refractivity contribution >= 4 is 15.9 Å². The highest BCUT2D eigenvalue weighted by molar-refractivity contribution is 7.89. The molecule has 1 amide bonds. The number of aliphatic hydroxyl groups is 1. The molecule has 0 spiro atoms. The van der Waals surface area contributed by atoms with E-state index in [4.69, 9.17) is 9.47 Å². The second-order valence-electron chi connectivity index (χ2n) is 15.6. The summed E-state index contributed by atoms with van der Waals surface area (Å²) >= 11 is 0. The lowest BCUT2D eigenvalue weighted by Gasteiger charge is -2.39. The van der Waals surface area contributed by atoms with Crippen LogP contribution in [0.4, 0.5) is 0 Å². The number of carbonyl (C=O) groups excluding carboxylic acids is 1. The number of sulfonamides is 1. The standard InChI is InChI=1S/C48H55N3O6S/c1-35-18-24-44(25-19-35)58(54,55)50-45(29-36-12-6-5-7-13-36)47(53)49-32-38-14-10-15-40(28-38)41-16-11-17-42(30-41)48-56-43(33-51-26-8-3-2-4-9-27-51)31-46(57-48)39-22-20-37(34-52)21-23-39/h5-7,10-25,28,30,43,45-46,48,50,52H,2-4,8-9,26-27,29,31-34H2,1H3,(H,49,53)/t43-,45+,46+,48+/m0/s1. The van der Waals surface area contributed by atoms with Gasteiger partial charge in [0.25, 0.3) is 0 Å². The fourth-order valence-electron chi connectivity index (χ4n) is 7.87. The molecule has 9 nitrogen and oxygen atoms in total. The van der Waals surface area contributed by atoms with Crippen molar-refractivity contribution in [2.75, 3.05) is 19.6 Å². The summed E-state index contributed by atoms with van der Waals surface area (Å²) in [5.74, 6) is -0.413. The summed E-state index contributed by atoms with van der Waals surface area (Å²) in [7, 11) is -3.96. The number of likely N-dealkylation sites (tertiary alicyclic amines) is 1. The second kappa shape index (κ2) is 19.8. The van der Waals surface area contributed by atoms with Gasteiger partial charge in [0, 0.05) is 25.1 Å². The van der Waals surface area contributed by atoms with Gasteiger partial charge >= 0.3 is 0 Å². The van der Waals surface area contributed by atoms with Crippen molar-refractivity contribution in [1.82, 2.24) is 14.9 Å². The number of benzene rings is 5. The van der Waals surface area contributed by atoms with Crippen molar-refractivity contribution in [1.29, 1.82) is 0 Å². The molecule has 2 heterocycles. The summed E-state index contributed by atoms with van der Waals surface area (Å²) in [6, 6.07) is 39.2. The monoisotopic (exact) mass is 801 g/mol. The molecule has 0 saturated carbocycles. The highest BCUT2D eigenvalue weighted by Gasteiger charge is 2.33. The number of aliphatic hydroxyl groups excluding tert-OH is 1. The summed E-state index contributed by atoms with van der Waals surface area (Å²) < 4.78 is 42.9. The number of hydrogen-bond acceptors (Lipinski definition) is 7. The number of rotatable bonds is 14. The number of ether oxygens (including phenoxy) is 2. The highest BCUT2D eigenvalue weighted by Crippen LogP contribution is 2.39. The van der Waals surface area contributed by atoms with E-state index in [1.165, 1.54) is 32.1 Å². The van der Waals surface area contributed by atoms with Crippen molar-refractivity contribution in [3.63, 3.8) is 0 Å². The van der Waals surface area contributed by atoms with Crippen LogP contribution in [0.5, 0.6) is 0 Å². The first kappa shape index (κ1) is 41.5. The van der Waals surface area contributed by atoms with E-state index in [1.807, 2.05) is 85.8 Å². The fourth-order valence-corrected chi connectivity index (χ4v) is 9.06. The molecule has 2 fully saturated rings. The van der Waals surface area contributed by atoms with E-state index >= 15 is 0 Å². The Morgan fingerprint density at radius 2 is 1.41 bits per heavy atom. The van der Waals surface area contributed by atoms with Gasteiger partial charge in [-0.3, -0.25) is 4.79 Å². The lowest BCUT2D eigenvalue weighted by Crippen LogP contribution is -2.47. The van der Waals surface area contributed by atoms with Crippen LogP contribution in [0.2, 0.25) is 0 Å². The van der Waals surface area contributed by atoms with E-state index in [0.29, 0.717) is 0 Å². The normalized spacial score (nSPS) is 19.8. The van der Waals surface area contributed by atoms with E-state index in [2.05, 4.69) is 39.2 Å². The van der Waals surface area contributed by atoms with Gasteiger partial charge in [-0.05, 0) is 96.9 Å². The van der Waals surface area contributed by atoms with Gasteiger partial charge in [0.05, 0.1) is 23.7 Å². The molecule has 5 aromatic carbocycles. The largest absolute Gasteiger partial charge is 0.392 e. The molecule has 7 rings (SSSR count). The number of nitrogens with one attached hydrogen (secondary N) is 2. The van der Waals surface area contributed by atoms with Crippen LogP contribution in [0.3, 0.4) is 0 Å². The van der Waals surface area contributed by atoms with E-state index in [9.17, 15) is 18.3 Å². The Balaban J connectivity index is 1.06. The third kappa shape index (κ3) is 11.3. The summed E-state index contributed by atoms with van der Waals surface area (Å²) in [6.07, 6.45) is 6.51. The maximum absolute atomic E-state index is 13.7. The Kier molecular flexibility index (Phi) is 14.2. The zero-order valence-corrected chi connectivity index (χ0v) is 34.1. The number of aryl methyl sites for hydroxylation is 1. The van der Waals surface area contributed by atoms with Crippen molar-refractivity contribution in [3.8, 4) is 11.1 Å². The molecular weight excluding hydrogens is 747 g/mol. The number of amides is 1. The Hall–Kier alpha value is -4.68. The Morgan fingerprint density at radius 1 is 0.741 bits per heavy atom. The molecule has 0 aliphatic carbocycles. The van der Waals surface area contributed by atoms with Crippen LogP contribution in [0.15, 0.2) is 132 Å². The zero-order chi connectivity index (χ0) is 40.3. The molecule has 0 bridgehead atoms. The Bertz CT molecular complexity index is 2190. The lowest BCUT2D eigenvalue weighted by molar-refractivity contribution is -0.253. The Labute approximate surface area is 343 Å². The molecule has 304 valence electrons. The third-order valence-corrected chi connectivity index (χ3v) is 12.6. The van der Waals surface area contributed by atoms with Gasteiger partial charge in [-0.2, -0.15) is 4.72 Å². The van der Waals surface area contributed by atoms with Gasteiger partial charge in [0.15, 0.2) is 6.29 Å². The topological polar surface area (TPSA) is 117 Å². The molecule has 2 aliphatic rings. The molecule has 58 heavy (non-hydrogen) atoms. The predicted octanol–water partition coefficient (Wildman–Crippen LogP) is 8.17. The maximum Gasteiger partial charge on any atom is 0.241 e. The van der Waals surface area contributed by atoms with Crippen LogP contribution < -0.4 is 10.0 Å². The number of carbonyl (C=O) groups is 1. The molecule has 10 heteroatoms. The quantitative estimate of drug-likeness (QED) is 0.104. The minimum atomic E-state index is -3.96. The van der Waals surface area contributed by atoms with Gasteiger partial charge < -0.3 is 24.8 Å². The smallest absolute Gasteiger partial charge is 0.241 e. The van der Waals surface area contributed by atoms with E-state index < -0.39 is 28.3 Å². The first-order chi connectivity index (χ1) is 28.2. The van der Waals surface area contributed by atoms with Gasteiger partial charge in [0.2, 0.25) is 15.9 Å². The minimum absolute atomic E-state index is 0.000330. The van der Waals surface area contributed by atoms with Crippen molar-refractivity contribution in [3.05, 3.63) is 161 Å². The molecule has 5 aromatic rings. The minimum Gasteiger partial charge on any atom is -0.392 e. The molecule has 0 aromatic heterocycles. The molecule has 4 atom stereocenters. The first-order valence-electron chi connectivity index (χ1n) is 20.6. The van der Waals surface area contributed by atoms with Crippen molar-refractivity contribution in [2.45, 2.75) is 94.5 Å². The van der Waals surface area contributed by atoms with Crippen molar-refractivity contribution < 1.29 is 27.8 Å². The van der Waals surface area contributed by atoms with Crippen LogP contribution in [-0.4, -0.2) is 56.1 Å². The fraction of sp³-hybridized carbons (Fsp3) is 0.354. The third-order valence-electron chi connectivity index (χ3n) is 11.1. The number of nitrogens with zero attached hydrogens (tertiary/aromatic N) is 1. The van der Waals surface area contributed by atoms with E-state index in [0.717, 1.165) is 70.6 Å². The highest BCUT2D eigenvalue weighted by atomic mass is 32.2. The van der Waals surface area contributed by atoms with Crippen LogP contribution in [-0.2, 0) is 43.9 Å². The zero-order valence-electron chi connectivity index (χ0n) is 33.3. The van der Waals surface area contributed by atoms with E-state index in [-0.39, 0.29) is 36.7 Å². The molecular formula is C48H55N3O6S. The summed E-state index contributed by atoms with van der Waals surface area (Å²) in [4.78, 5) is 16.4. The molecule has 0 unspecified atom stereocenters. The lowest BCUT2D eigenvalue weighted by atomic mass is 9.98. The van der Waals surface area contributed by atoms with Gasteiger partial charge in [0.1, 0.15) is 6.04 Å². The van der Waals surface area contributed by atoms with Gasteiger partial charge in [-0.25, -0.2) is 8.42 Å². The summed E-state index contributed by atoms with van der Waals surface area (Å²) in [5.41, 5.74) is 7.49.